The molecule has 0 radical (unpaired) electrons. The lowest BCUT2D eigenvalue weighted by molar-refractivity contribution is -0.108. The molecule has 1 aromatic rings. The first-order chi connectivity index (χ1) is 6.72. The maximum atomic E-state index is 10.2. The molecule has 1 aromatic carbocycles. The van der Waals surface area contributed by atoms with Crippen LogP contribution in [0.5, 0.6) is 0 Å². The van der Waals surface area contributed by atoms with Crippen LogP contribution < -0.4 is 5.73 Å². The summed E-state index contributed by atoms with van der Waals surface area (Å²) in [5.41, 5.74) is 7.68. The van der Waals surface area contributed by atoms with E-state index in [0.717, 1.165) is 24.8 Å². The van der Waals surface area contributed by atoms with Crippen molar-refractivity contribution in [3.05, 3.63) is 29.8 Å². The maximum absolute atomic E-state index is 10.2. The number of anilines is 1. The molecule has 0 amide bonds. The second-order valence-electron chi connectivity index (χ2n) is 3.79. The molecule has 1 rings (SSSR count). The second kappa shape index (κ2) is 5.43. The van der Waals surface area contributed by atoms with Gasteiger partial charge in [-0.05, 0) is 36.5 Å². The molecule has 76 valence electrons. The number of hydrogen-bond donors (Lipinski definition) is 1. The summed E-state index contributed by atoms with van der Waals surface area (Å²) >= 11 is 0. The molecule has 1 atom stereocenters. The zero-order chi connectivity index (χ0) is 10.4. The Morgan fingerprint density at radius 3 is 2.57 bits per heavy atom. The van der Waals surface area contributed by atoms with E-state index in [4.69, 9.17) is 5.73 Å². The van der Waals surface area contributed by atoms with E-state index < -0.39 is 0 Å². The minimum atomic E-state index is 0.559. The molecule has 0 bridgehead atoms. The molecular weight excluding hydrogens is 174 g/mol. The van der Waals surface area contributed by atoms with Crippen LogP contribution in [0.3, 0.4) is 0 Å². The summed E-state index contributed by atoms with van der Waals surface area (Å²) in [6, 6.07) is 7.93. The fourth-order valence-electron chi connectivity index (χ4n) is 1.51. The third-order valence-electron chi connectivity index (χ3n) is 2.34. The first-order valence-corrected chi connectivity index (χ1v) is 5.00. The van der Waals surface area contributed by atoms with Crippen LogP contribution in [0, 0.1) is 5.92 Å². The van der Waals surface area contributed by atoms with Crippen LogP contribution in [0.15, 0.2) is 24.3 Å². The van der Waals surface area contributed by atoms with Crippen LogP contribution in [-0.2, 0) is 11.2 Å². The van der Waals surface area contributed by atoms with Crippen LogP contribution in [0.1, 0.15) is 25.3 Å². The van der Waals surface area contributed by atoms with Gasteiger partial charge < -0.3 is 10.5 Å². The van der Waals surface area contributed by atoms with E-state index in [9.17, 15) is 4.79 Å². The number of hydrogen-bond acceptors (Lipinski definition) is 2. The van der Waals surface area contributed by atoms with Crippen molar-refractivity contribution < 1.29 is 4.79 Å². The van der Waals surface area contributed by atoms with Crippen LogP contribution >= 0.6 is 0 Å². The van der Waals surface area contributed by atoms with E-state index >= 15 is 0 Å². The van der Waals surface area contributed by atoms with Gasteiger partial charge in [0.15, 0.2) is 0 Å². The smallest absolute Gasteiger partial charge is 0.120 e. The van der Waals surface area contributed by atoms with Gasteiger partial charge in [0, 0.05) is 12.1 Å². The molecule has 0 aromatic heterocycles. The number of benzene rings is 1. The quantitative estimate of drug-likeness (QED) is 0.573. The van der Waals surface area contributed by atoms with Crippen molar-refractivity contribution in [2.24, 2.45) is 5.92 Å². The summed E-state index contributed by atoms with van der Waals surface area (Å²) in [6.45, 7) is 2.17. The summed E-state index contributed by atoms with van der Waals surface area (Å²) in [4.78, 5) is 10.2. The first-order valence-electron chi connectivity index (χ1n) is 5.00. The highest BCUT2D eigenvalue weighted by Crippen LogP contribution is 2.14. The minimum absolute atomic E-state index is 0.559. The molecule has 2 N–H and O–H groups in total. The highest BCUT2D eigenvalue weighted by Gasteiger charge is 2.02. The number of carbonyl (C=O) groups excluding carboxylic acids is 1. The Morgan fingerprint density at radius 1 is 1.36 bits per heavy atom. The monoisotopic (exact) mass is 191 g/mol. The Hall–Kier alpha value is -1.31. The SMILES string of the molecule is C[C@H](CCC=O)Cc1ccc(N)cc1. The average Bonchev–Trinajstić information content (AvgIpc) is 2.18. The fraction of sp³-hybridized carbons (Fsp3) is 0.417. The molecule has 0 heterocycles. The Morgan fingerprint density at radius 2 is 2.00 bits per heavy atom. The van der Waals surface area contributed by atoms with Crippen LogP contribution in [0.2, 0.25) is 0 Å². The highest BCUT2D eigenvalue weighted by molar-refractivity contribution is 5.49. The van der Waals surface area contributed by atoms with Gasteiger partial charge in [0.25, 0.3) is 0 Å². The molecule has 14 heavy (non-hydrogen) atoms. The Labute approximate surface area is 85.1 Å². The van der Waals surface area contributed by atoms with Gasteiger partial charge in [0.1, 0.15) is 6.29 Å². The summed E-state index contributed by atoms with van der Waals surface area (Å²) in [6.07, 6.45) is 3.64. The van der Waals surface area contributed by atoms with E-state index in [2.05, 4.69) is 6.92 Å². The van der Waals surface area contributed by atoms with Crippen molar-refractivity contribution in [2.75, 3.05) is 5.73 Å². The predicted molar refractivity (Wildman–Crippen MR) is 59.0 cm³/mol. The highest BCUT2D eigenvalue weighted by atomic mass is 16.1. The van der Waals surface area contributed by atoms with E-state index in [-0.39, 0.29) is 0 Å². The topological polar surface area (TPSA) is 43.1 Å². The predicted octanol–water partition coefficient (Wildman–Crippen LogP) is 2.43. The number of aldehydes is 1. The molecule has 0 aliphatic heterocycles. The van der Waals surface area contributed by atoms with Gasteiger partial charge in [-0.15, -0.1) is 0 Å². The Balaban J connectivity index is 2.43. The zero-order valence-corrected chi connectivity index (χ0v) is 8.57. The summed E-state index contributed by atoms with van der Waals surface area (Å²) in [5, 5.41) is 0. The van der Waals surface area contributed by atoms with Gasteiger partial charge >= 0.3 is 0 Å². The largest absolute Gasteiger partial charge is 0.399 e. The van der Waals surface area contributed by atoms with Gasteiger partial charge in [-0.3, -0.25) is 0 Å². The van der Waals surface area contributed by atoms with Crippen molar-refractivity contribution >= 4 is 12.0 Å². The van der Waals surface area contributed by atoms with Crippen molar-refractivity contribution in [2.45, 2.75) is 26.2 Å². The first kappa shape index (κ1) is 10.8. The fourth-order valence-corrected chi connectivity index (χ4v) is 1.51. The lowest BCUT2D eigenvalue weighted by Gasteiger charge is -2.09. The molecule has 0 aliphatic rings. The molecule has 0 aliphatic carbocycles. The maximum Gasteiger partial charge on any atom is 0.120 e. The molecule has 0 fully saturated rings. The van der Waals surface area contributed by atoms with Crippen molar-refractivity contribution in [1.29, 1.82) is 0 Å². The standard InChI is InChI=1S/C12H17NO/c1-10(3-2-8-14)9-11-4-6-12(13)7-5-11/h4-8,10H,2-3,9,13H2,1H3/t10-/m1/s1. The third-order valence-corrected chi connectivity index (χ3v) is 2.34. The molecule has 0 spiro atoms. The molecule has 0 saturated heterocycles. The number of carbonyl (C=O) groups is 1. The second-order valence-corrected chi connectivity index (χ2v) is 3.79. The lowest BCUT2D eigenvalue weighted by atomic mass is 9.97. The van der Waals surface area contributed by atoms with Crippen molar-refractivity contribution in [3.63, 3.8) is 0 Å². The molecule has 0 saturated carbocycles. The molecule has 2 nitrogen and oxygen atoms in total. The lowest BCUT2D eigenvalue weighted by Crippen LogP contribution is -2.00. The number of nitrogen functional groups attached to an aromatic ring is 1. The van der Waals surface area contributed by atoms with Crippen LogP contribution in [-0.4, -0.2) is 6.29 Å². The van der Waals surface area contributed by atoms with Crippen LogP contribution in [0.25, 0.3) is 0 Å². The summed E-state index contributed by atoms with van der Waals surface area (Å²) < 4.78 is 0. The average molecular weight is 191 g/mol. The van der Waals surface area contributed by atoms with Gasteiger partial charge in [0.2, 0.25) is 0 Å². The molecular formula is C12H17NO. The van der Waals surface area contributed by atoms with Gasteiger partial charge in [0.05, 0.1) is 0 Å². The summed E-state index contributed by atoms with van der Waals surface area (Å²) in [5.74, 6) is 0.559. The Bertz CT molecular complexity index is 279. The molecule has 0 unspecified atom stereocenters. The van der Waals surface area contributed by atoms with E-state index in [1.54, 1.807) is 0 Å². The normalized spacial score (nSPS) is 12.4. The van der Waals surface area contributed by atoms with Gasteiger partial charge in [-0.25, -0.2) is 0 Å². The Kier molecular flexibility index (Phi) is 4.17. The third kappa shape index (κ3) is 3.60. The van der Waals surface area contributed by atoms with Crippen molar-refractivity contribution in [1.82, 2.24) is 0 Å². The van der Waals surface area contributed by atoms with E-state index in [1.165, 1.54) is 5.56 Å². The summed E-state index contributed by atoms with van der Waals surface area (Å²) in [7, 11) is 0. The minimum Gasteiger partial charge on any atom is -0.399 e. The van der Waals surface area contributed by atoms with Gasteiger partial charge in [-0.1, -0.05) is 19.1 Å². The number of rotatable bonds is 5. The van der Waals surface area contributed by atoms with E-state index in [0.29, 0.717) is 12.3 Å². The van der Waals surface area contributed by atoms with Gasteiger partial charge in [-0.2, -0.15) is 0 Å². The van der Waals surface area contributed by atoms with Crippen LogP contribution in [0.4, 0.5) is 5.69 Å². The zero-order valence-electron chi connectivity index (χ0n) is 8.57. The van der Waals surface area contributed by atoms with E-state index in [1.807, 2.05) is 24.3 Å². The molecule has 2 heteroatoms. The van der Waals surface area contributed by atoms with Crippen molar-refractivity contribution in [3.8, 4) is 0 Å². The number of nitrogens with two attached hydrogens (primary N) is 1.